The van der Waals surface area contributed by atoms with Gasteiger partial charge in [-0.1, -0.05) is 66.5 Å². The molecule has 0 fully saturated rings. The molecule has 0 saturated heterocycles. The predicted molar refractivity (Wildman–Crippen MR) is 183 cm³/mol. The predicted octanol–water partition coefficient (Wildman–Crippen LogP) is 6.89. The van der Waals surface area contributed by atoms with Gasteiger partial charge < -0.3 is 15.0 Å². The second kappa shape index (κ2) is 16.6. The fourth-order valence-corrected chi connectivity index (χ4v) is 6.63. The summed E-state index contributed by atoms with van der Waals surface area (Å²) < 4.78 is 48.4. The van der Waals surface area contributed by atoms with Crippen LogP contribution in [-0.4, -0.2) is 50.9 Å². The van der Waals surface area contributed by atoms with Crippen molar-refractivity contribution in [1.29, 1.82) is 0 Å². The number of benzene rings is 4. The third kappa shape index (κ3) is 9.47. The Labute approximate surface area is 285 Å². The van der Waals surface area contributed by atoms with Crippen LogP contribution in [0.3, 0.4) is 0 Å². The molecule has 0 aromatic heterocycles. The topological polar surface area (TPSA) is 96.0 Å². The molecule has 4 aromatic carbocycles. The molecule has 0 saturated carbocycles. The maximum Gasteiger partial charge on any atom is 0.264 e. The van der Waals surface area contributed by atoms with Crippen molar-refractivity contribution in [3.8, 4) is 5.75 Å². The number of hydrogen-bond donors (Lipinski definition) is 1. The first-order valence-electron chi connectivity index (χ1n) is 15.1. The molecule has 0 aliphatic carbocycles. The molecule has 8 nitrogen and oxygen atoms in total. The van der Waals surface area contributed by atoms with Crippen molar-refractivity contribution in [1.82, 2.24) is 10.2 Å². The van der Waals surface area contributed by atoms with Crippen LogP contribution < -0.4 is 14.4 Å². The van der Waals surface area contributed by atoms with Gasteiger partial charge in [-0.3, -0.25) is 13.9 Å². The first-order chi connectivity index (χ1) is 22.5. The summed E-state index contributed by atoms with van der Waals surface area (Å²) in [5, 5.41) is 3.48. The Balaban J connectivity index is 1.81. The highest BCUT2D eigenvalue weighted by molar-refractivity contribution is 7.92. The van der Waals surface area contributed by atoms with Crippen molar-refractivity contribution >= 4 is 50.7 Å². The van der Waals surface area contributed by atoms with Gasteiger partial charge in [-0.15, -0.1) is 0 Å². The maximum absolute atomic E-state index is 14.5. The normalized spacial score (nSPS) is 11.9. The Bertz CT molecular complexity index is 1760. The third-order valence-electron chi connectivity index (χ3n) is 7.27. The van der Waals surface area contributed by atoms with Gasteiger partial charge in [-0.05, 0) is 85.1 Å². The van der Waals surface area contributed by atoms with Crippen molar-refractivity contribution in [3.63, 3.8) is 0 Å². The van der Waals surface area contributed by atoms with Crippen molar-refractivity contribution in [2.24, 2.45) is 0 Å². The summed E-state index contributed by atoms with van der Waals surface area (Å²) in [7, 11) is -4.39. The number of nitrogens with one attached hydrogen (secondary N) is 1. The van der Waals surface area contributed by atoms with E-state index in [1.54, 1.807) is 30.3 Å². The van der Waals surface area contributed by atoms with E-state index in [2.05, 4.69) is 5.32 Å². The lowest BCUT2D eigenvalue weighted by atomic mass is 10.0. The van der Waals surface area contributed by atoms with Gasteiger partial charge in [0.05, 0.1) is 27.2 Å². The minimum absolute atomic E-state index is 0.0690. The summed E-state index contributed by atoms with van der Waals surface area (Å²) in [5.74, 6) is -1.14. The molecule has 0 spiro atoms. The summed E-state index contributed by atoms with van der Waals surface area (Å²) in [5.41, 5.74) is 1.57. The zero-order valence-electron chi connectivity index (χ0n) is 26.0. The molecule has 0 unspecified atom stereocenters. The molecular formula is C35H36Cl2FN3O5S. The van der Waals surface area contributed by atoms with Gasteiger partial charge in [0, 0.05) is 19.5 Å². The van der Waals surface area contributed by atoms with Crippen LogP contribution in [0.15, 0.2) is 102 Å². The smallest absolute Gasteiger partial charge is 0.264 e. The van der Waals surface area contributed by atoms with Crippen LogP contribution in [0.25, 0.3) is 0 Å². The highest BCUT2D eigenvalue weighted by Gasteiger charge is 2.34. The number of hydrogen-bond acceptors (Lipinski definition) is 5. The highest BCUT2D eigenvalue weighted by Crippen LogP contribution is 2.28. The van der Waals surface area contributed by atoms with Crippen molar-refractivity contribution in [2.75, 3.05) is 24.0 Å². The van der Waals surface area contributed by atoms with Crippen LogP contribution in [0.5, 0.6) is 5.75 Å². The molecular weight excluding hydrogens is 664 g/mol. The largest absolute Gasteiger partial charge is 0.494 e. The number of anilines is 1. The van der Waals surface area contributed by atoms with E-state index in [1.807, 2.05) is 44.2 Å². The van der Waals surface area contributed by atoms with E-state index < -0.39 is 40.2 Å². The minimum Gasteiger partial charge on any atom is -0.494 e. The quantitative estimate of drug-likeness (QED) is 0.146. The lowest BCUT2D eigenvalue weighted by molar-refractivity contribution is -0.140. The van der Waals surface area contributed by atoms with Crippen molar-refractivity contribution in [2.45, 2.75) is 44.2 Å². The molecule has 12 heteroatoms. The fourth-order valence-electron chi connectivity index (χ4n) is 4.89. The average molecular weight is 701 g/mol. The Kier molecular flexibility index (Phi) is 12.6. The van der Waals surface area contributed by atoms with E-state index in [-0.39, 0.29) is 28.6 Å². The van der Waals surface area contributed by atoms with Crippen molar-refractivity contribution in [3.05, 3.63) is 124 Å². The molecule has 0 aliphatic heterocycles. The molecule has 0 bridgehead atoms. The molecule has 2 amide bonds. The van der Waals surface area contributed by atoms with Crippen LogP contribution in [-0.2, 0) is 32.6 Å². The maximum atomic E-state index is 14.5. The standard InChI is InChI=1S/C35H36Cl2FN3O5S/c1-3-20-39-35(43)33(22-25-8-6-5-7-9-25)40(23-26-10-19-31(36)32(37)21-26)34(42)24-41(28-13-15-29(16-14-28)46-4-2)47(44,45)30-17-11-27(38)12-18-30/h5-19,21,33H,3-4,20,22-24H2,1-2H3,(H,39,43)/t33-/m0/s1. The molecule has 47 heavy (non-hydrogen) atoms. The monoisotopic (exact) mass is 699 g/mol. The zero-order chi connectivity index (χ0) is 34.0. The van der Waals surface area contributed by atoms with Crippen molar-refractivity contribution < 1.29 is 27.1 Å². The Morgan fingerprint density at radius 1 is 0.872 bits per heavy atom. The molecule has 0 heterocycles. The highest BCUT2D eigenvalue weighted by atomic mass is 35.5. The van der Waals surface area contributed by atoms with Crippen LogP contribution >= 0.6 is 23.2 Å². The van der Waals surface area contributed by atoms with E-state index in [1.165, 1.54) is 17.0 Å². The summed E-state index contributed by atoms with van der Waals surface area (Å²) in [6.07, 6.45) is 0.836. The lowest BCUT2D eigenvalue weighted by Crippen LogP contribution is -2.53. The van der Waals surface area contributed by atoms with E-state index in [0.717, 1.165) is 34.1 Å². The van der Waals surface area contributed by atoms with Gasteiger partial charge in [-0.2, -0.15) is 0 Å². The Morgan fingerprint density at radius 2 is 1.55 bits per heavy atom. The van der Waals surface area contributed by atoms with Crippen LogP contribution in [0, 0.1) is 5.82 Å². The molecule has 1 N–H and O–H groups in total. The Morgan fingerprint density at radius 3 is 2.17 bits per heavy atom. The van der Waals surface area contributed by atoms with Gasteiger partial charge in [0.1, 0.15) is 24.2 Å². The van der Waals surface area contributed by atoms with E-state index in [4.69, 9.17) is 27.9 Å². The first kappa shape index (κ1) is 35.7. The summed E-state index contributed by atoms with van der Waals surface area (Å²) in [6.45, 7) is 3.79. The number of carbonyl (C=O) groups excluding carboxylic acids is 2. The molecule has 4 rings (SSSR count). The summed E-state index contributed by atoms with van der Waals surface area (Å²) >= 11 is 12.5. The van der Waals surface area contributed by atoms with Gasteiger partial charge >= 0.3 is 0 Å². The third-order valence-corrected chi connectivity index (χ3v) is 9.80. The number of halogens is 3. The van der Waals surface area contributed by atoms with Gasteiger partial charge in [0.2, 0.25) is 11.8 Å². The first-order valence-corrected chi connectivity index (χ1v) is 17.3. The summed E-state index contributed by atoms with van der Waals surface area (Å²) in [6, 6.07) is 23.7. The van der Waals surface area contributed by atoms with E-state index >= 15 is 0 Å². The average Bonchev–Trinajstić information content (AvgIpc) is 3.06. The van der Waals surface area contributed by atoms with Crippen LogP contribution in [0.1, 0.15) is 31.4 Å². The number of ether oxygens (including phenoxy) is 1. The van der Waals surface area contributed by atoms with Gasteiger partial charge in [0.15, 0.2) is 0 Å². The SMILES string of the molecule is CCCNC(=O)[C@H](Cc1ccccc1)N(Cc1ccc(Cl)c(Cl)c1)C(=O)CN(c1ccc(OCC)cc1)S(=O)(=O)c1ccc(F)cc1. The number of rotatable bonds is 15. The van der Waals surface area contributed by atoms with Gasteiger partial charge in [-0.25, -0.2) is 12.8 Å². The molecule has 0 aliphatic rings. The number of carbonyl (C=O) groups is 2. The van der Waals surface area contributed by atoms with Crippen LogP contribution in [0.4, 0.5) is 10.1 Å². The summed E-state index contributed by atoms with van der Waals surface area (Å²) in [4.78, 5) is 29.4. The Hall–Kier alpha value is -4.12. The number of amides is 2. The lowest BCUT2D eigenvalue weighted by Gasteiger charge is -2.34. The fraction of sp³-hybridized carbons (Fsp3) is 0.257. The van der Waals surface area contributed by atoms with E-state index in [9.17, 15) is 22.4 Å². The molecule has 248 valence electrons. The minimum atomic E-state index is -4.39. The van der Waals surface area contributed by atoms with Gasteiger partial charge in [0.25, 0.3) is 10.0 Å². The molecule has 1 atom stereocenters. The zero-order valence-corrected chi connectivity index (χ0v) is 28.4. The number of sulfonamides is 1. The van der Waals surface area contributed by atoms with Crippen LogP contribution in [0.2, 0.25) is 10.0 Å². The second-order valence-electron chi connectivity index (χ2n) is 10.7. The molecule has 4 aromatic rings. The number of nitrogens with zero attached hydrogens (tertiary/aromatic N) is 2. The second-order valence-corrected chi connectivity index (χ2v) is 13.3. The van der Waals surface area contributed by atoms with E-state index in [0.29, 0.717) is 35.9 Å². The molecule has 0 radical (unpaired) electrons.